The number of benzene rings is 2. The highest BCUT2D eigenvalue weighted by Crippen LogP contribution is 2.30. The zero-order valence-electron chi connectivity index (χ0n) is 46.8. The molecule has 4 aromatic rings. The van der Waals surface area contributed by atoms with Gasteiger partial charge in [0, 0.05) is 39.7 Å². The number of hydrogen-bond acceptors (Lipinski definition) is 18. The molecule has 2 aliphatic rings. The Labute approximate surface area is 471 Å². The lowest BCUT2D eigenvalue weighted by molar-refractivity contribution is -0.161. The van der Waals surface area contributed by atoms with E-state index in [0.29, 0.717) is 22.1 Å². The SMILES string of the molecule is CC1NC(=O)C(NC(=O)c2cnc3ccccc3n2)COC(=O)C(C(C)C(C)C)N(C)C(=O)C2CSSCC(C(=O)N(C)C(C(C)C(C)C)C(=O)OCC(NC(=O)c3cnc4ccccc4n3)C(=O)NC(C)C(=O)N2C)N(C)C1=O. The topological polar surface area (TPSA) is 302 Å². The molecule has 2 saturated heterocycles. The molecule has 0 aliphatic carbocycles. The summed E-state index contributed by atoms with van der Waals surface area (Å²) in [6.07, 6.45) is 2.42. The van der Waals surface area contributed by atoms with Crippen LogP contribution < -0.4 is 21.3 Å². The van der Waals surface area contributed by atoms with Gasteiger partial charge in [-0.1, -0.05) is 87.4 Å². The number of carbonyl (C=O) groups is 10. The van der Waals surface area contributed by atoms with Crippen LogP contribution in [-0.2, 0) is 47.8 Å². The fourth-order valence-corrected chi connectivity index (χ4v) is 11.5. The lowest BCUT2D eigenvalue weighted by Gasteiger charge is -2.39. The lowest BCUT2D eigenvalue weighted by Crippen LogP contribution is -2.61. The molecule has 8 amide bonds. The molecule has 24 nitrogen and oxygen atoms in total. The van der Waals surface area contributed by atoms with Gasteiger partial charge in [-0.25, -0.2) is 19.6 Å². The van der Waals surface area contributed by atoms with E-state index in [1.54, 1.807) is 62.4 Å². The first kappa shape index (κ1) is 61.7. The molecule has 430 valence electrons. The van der Waals surface area contributed by atoms with Crippen molar-refractivity contribution in [2.45, 2.75) is 104 Å². The Bertz CT molecular complexity index is 2810. The summed E-state index contributed by atoms with van der Waals surface area (Å²) in [5, 5.41) is 10.3. The Morgan fingerprint density at radius 2 is 0.875 bits per heavy atom. The van der Waals surface area contributed by atoms with Crippen molar-refractivity contribution in [3.63, 3.8) is 0 Å². The molecule has 2 aromatic heterocycles. The minimum absolute atomic E-state index is 0.161. The Morgan fingerprint density at radius 1 is 0.537 bits per heavy atom. The number of hydrogen-bond donors (Lipinski definition) is 4. The second-order valence-corrected chi connectivity index (χ2v) is 23.3. The third-order valence-electron chi connectivity index (χ3n) is 14.7. The van der Waals surface area contributed by atoms with E-state index in [9.17, 15) is 38.4 Å². The maximum absolute atomic E-state index is 15.1. The highest BCUT2D eigenvalue weighted by Gasteiger charge is 2.44. The Kier molecular flexibility index (Phi) is 20.9. The number of rotatable bonds is 8. The third-order valence-corrected chi connectivity index (χ3v) is 17.1. The molecule has 2 fully saturated rings. The van der Waals surface area contributed by atoms with E-state index in [1.807, 2.05) is 27.7 Å². The highest BCUT2D eigenvalue weighted by molar-refractivity contribution is 8.76. The van der Waals surface area contributed by atoms with E-state index in [2.05, 4.69) is 41.2 Å². The van der Waals surface area contributed by atoms with Gasteiger partial charge >= 0.3 is 11.9 Å². The van der Waals surface area contributed by atoms with E-state index in [0.717, 1.165) is 41.2 Å². The van der Waals surface area contributed by atoms with E-state index < -0.39 is 133 Å². The Hall–Kier alpha value is -7.48. The molecular weight excluding hydrogens is 1070 g/mol. The van der Waals surface area contributed by atoms with Gasteiger partial charge in [0.25, 0.3) is 11.8 Å². The van der Waals surface area contributed by atoms with Gasteiger partial charge in [0.2, 0.25) is 35.4 Å². The van der Waals surface area contributed by atoms with Gasteiger partial charge < -0.3 is 50.3 Å². The van der Waals surface area contributed by atoms with E-state index >= 15 is 9.59 Å². The van der Waals surface area contributed by atoms with Crippen LogP contribution in [0.3, 0.4) is 0 Å². The molecule has 2 aliphatic heterocycles. The number of para-hydroxylation sites is 4. The largest absolute Gasteiger partial charge is 0.461 e. The number of aromatic nitrogens is 4. The minimum atomic E-state index is -1.66. The summed E-state index contributed by atoms with van der Waals surface area (Å²) in [7, 11) is 7.59. The average molecular weight is 1140 g/mol. The summed E-state index contributed by atoms with van der Waals surface area (Å²) in [5.41, 5.74) is 1.39. The number of esters is 2. The normalized spacial score (nSPS) is 24.9. The van der Waals surface area contributed by atoms with E-state index in [-0.39, 0.29) is 34.7 Å². The van der Waals surface area contributed by atoms with Crippen LogP contribution >= 0.6 is 21.6 Å². The van der Waals surface area contributed by atoms with Crippen molar-refractivity contribution in [3.8, 4) is 0 Å². The summed E-state index contributed by atoms with van der Waals surface area (Å²) in [6.45, 7) is 11.9. The first-order chi connectivity index (χ1) is 37.8. The molecule has 2 aromatic carbocycles. The number of likely N-dealkylation sites (N-methyl/N-ethyl adjacent to an activating group) is 4. The second kappa shape index (κ2) is 27.1. The standard InChI is InChI=1S/C54H70N12O12S2/c1-27(2)29(5)43-53(75)77-23-39(61-45(67)37-21-55-33-17-13-15-19-35(33)59-37)47(69)57-32(8)50(72)64(10)42-26-80-79-25-41(51(73)65(43)11)63(9)49(71)31(7)58-48(70)40(24-78-54(76)44(30(6)28(3)4)66(12)52(42)74)62-46(68)38-22-56-34-18-14-16-20-36(34)60-38/h13-22,27-32,39-44H,23-26H2,1-12H3,(H,57,69)(H,58,70)(H,61,67)(H,62,68). The lowest BCUT2D eigenvalue weighted by atomic mass is 9.89. The maximum Gasteiger partial charge on any atom is 0.329 e. The zero-order valence-corrected chi connectivity index (χ0v) is 48.5. The van der Waals surface area contributed by atoms with Crippen molar-refractivity contribution in [3.05, 3.63) is 72.3 Å². The first-order valence-electron chi connectivity index (χ1n) is 26.1. The van der Waals surface area contributed by atoms with Crippen LogP contribution in [0.1, 0.15) is 76.4 Å². The molecule has 26 heteroatoms. The number of cyclic esters (lactones) is 2. The van der Waals surface area contributed by atoms with Gasteiger partial charge in [0.1, 0.15) is 72.9 Å². The quantitative estimate of drug-likeness (QED) is 0.145. The van der Waals surface area contributed by atoms with Gasteiger partial charge in [-0.15, -0.1) is 0 Å². The fourth-order valence-electron chi connectivity index (χ4n) is 8.98. The molecule has 4 N–H and O–H groups in total. The van der Waals surface area contributed by atoms with Crippen LogP contribution in [0.2, 0.25) is 0 Å². The van der Waals surface area contributed by atoms with Crippen molar-refractivity contribution in [1.29, 1.82) is 0 Å². The predicted octanol–water partition coefficient (Wildman–Crippen LogP) is 1.87. The molecule has 0 spiro atoms. The molecule has 0 saturated carbocycles. The molecule has 4 heterocycles. The predicted molar refractivity (Wildman–Crippen MR) is 298 cm³/mol. The Morgan fingerprint density at radius 3 is 1.21 bits per heavy atom. The molecule has 10 unspecified atom stereocenters. The summed E-state index contributed by atoms with van der Waals surface area (Å²) < 4.78 is 11.7. The molecule has 0 radical (unpaired) electrons. The van der Waals surface area contributed by atoms with Crippen LogP contribution in [0.5, 0.6) is 0 Å². The molecule has 10 atom stereocenters. The second-order valence-electron chi connectivity index (χ2n) is 20.8. The average Bonchev–Trinajstić information content (AvgIpc) is 3.44. The van der Waals surface area contributed by atoms with Gasteiger partial charge in [-0.2, -0.15) is 0 Å². The third kappa shape index (κ3) is 14.5. The number of nitrogens with zero attached hydrogens (tertiary/aromatic N) is 8. The number of fused-ring (bicyclic) bond motifs is 7. The number of carbonyl (C=O) groups excluding carboxylic acids is 10. The fraction of sp³-hybridized carbons (Fsp3) is 0.519. The highest BCUT2D eigenvalue weighted by atomic mass is 33.1. The molecular formula is C54H70N12O12S2. The summed E-state index contributed by atoms with van der Waals surface area (Å²) in [5.74, 6) is -10.7. The smallest absolute Gasteiger partial charge is 0.329 e. The molecule has 2 bridgehead atoms. The van der Waals surface area contributed by atoms with Crippen molar-refractivity contribution in [2.75, 3.05) is 52.9 Å². The first-order valence-corrected chi connectivity index (χ1v) is 28.6. The molecule has 6 rings (SSSR count). The number of ether oxygens (including phenoxy) is 2. The monoisotopic (exact) mass is 1140 g/mol. The maximum atomic E-state index is 15.1. The summed E-state index contributed by atoms with van der Waals surface area (Å²) in [4.78, 5) is 167. The Balaban J connectivity index is 1.43. The molecule has 80 heavy (non-hydrogen) atoms. The van der Waals surface area contributed by atoms with Crippen LogP contribution in [0.15, 0.2) is 60.9 Å². The minimum Gasteiger partial charge on any atom is -0.461 e. The van der Waals surface area contributed by atoms with Gasteiger partial charge in [-0.3, -0.25) is 48.3 Å². The van der Waals surface area contributed by atoms with Crippen LogP contribution in [0.4, 0.5) is 0 Å². The van der Waals surface area contributed by atoms with Crippen LogP contribution in [0, 0.1) is 23.7 Å². The van der Waals surface area contributed by atoms with E-state index in [4.69, 9.17) is 9.47 Å². The number of nitrogens with one attached hydrogen (secondary N) is 4. The van der Waals surface area contributed by atoms with Crippen LogP contribution in [0.25, 0.3) is 22.1 Å². The van der Waals surface area contributed by atoms with Crippen LogP contribution in [-0.4, -0.2) is 200 Å². The van der Waals surface area contributed by atoms with Gasteiger partial charge in [0.15, 0.2) is 0 Å². The van der Waals surface area contributed by atoms with Crippen molar-refractivity contribution in [2.24, 2.45) is 23.7 Å². The summed E-state index contributed by atoms with van der Waals surface area (Å²) >= 11 is 0. The van der Waals surface area contributed by atoms with Crippen molar-refractivity contribution >= 4 is 103 Å². The van der Waals surface area contributed by atoms with Gasteiger partial charge in [-0.05, 0) is 61.8 Å². The van der Waals surface area contributed by atoms with E-state index in [1.165, 1.54) is 54.4 Å². The van der Waals surface area contributed by atoms with Gasteiger partial charge in [0.05, 0.1) is 34.5 Å². The number of amides is 8. The summed E-state index contributed by atoms with van der Waals surface area (Å²) in [6, 6.07) is 2.06. The zero-order chi connectivity index (χ0) is 58.9. The van der Waals surface area contributed by atoms with Crippen molar-refractivity contribution < 1.29 is 57.4 Å². The van der Waals surface area contributed by atoms with Crippen molar-refractivity contribution in [1.82, 2.24) is 60.8 Å².